The molecule has 6 heteroatoms. The van der Waals surface area contributed by atoms with E-state index in [1.54, 1.807) is 30.3 Å². The van der Waals surface area contributed by atoms with Crippen LogP contribution < -0.4 is 5.56 Å². The summed E-state index contributed by atoms with van der Waals surface area (Å²) in [6.45, 7) is 7.23. The lowest BCUT2D eigenvalue weighted by Gasteiger charge is -2.18. The van der Waals surface area contributed by atoms with Gasteiger partial charge in [0.25, 0.3) is 11.2 Å². The summed E-state index contributed by atoms with van der Waals surface area (Å²) in [5.41, 5.74) is 0.242. The van der Waals surface area contributed by atoms with Gasteiger partial charge in [0.05, 0.1) is 12.1 Å². The highest BCUT2D eigenvalue weighted by atomic mass is 19.4. The zero-order chi connectivity index (χ0) is 22.7. The van der Waals surface area contributed by atoms with Gasteiger partial charge in [-0.25, -0.2) is 4.85 Å². The van der Waals surface area contributed by atoms with E-state index in [1.807, 2.05) is 54.6 Å². The fourth-order valence-corrected chi connectivity index (χ4v) is 3.58. The van der Waals surface area contributed by atoms with Crippen molar-refractivity contribution in [2.75, 3.05) is 0 Å². The van der Waals surface area contributed by atoms with E-state index in [4.69, 9.17) is 6.57 Å². The maximum Gasteiger partial charge on any atom is 0.407 e. The molecule has 0 aliphatic carbocycles. The quantitative estimate of drug-likeness (QED) is 0.327. The summed E-state index contributed by atoms with van der Waals surface area (Å²) in [6.07, 6.45) is -4.81. The van der Waals surface area contributed by atoms with Crippen molar-refractivity contribution in [1.29, 1.82) is 0 Å². The third-order valence-corrected chi connectivity index (χ3v) is 5.16. The second-order valence-electron chi connectivity index (χ2n) is 7.22. The van der Waals surface area contributed by atoms with E-state index >= 15 is 0 Å². The molecule has 0 spiro atoms. The van der Waals surface area contributed by atoms with Gasteiger partial charge in [-0.2, -0.15) is 13.2 Å². The summed E-state index contributed by atoms with van der Waals surface area (Å²) in [5, 5.41) is 0. The van der Waals surface area contributed by atoms with Crippen molar-refractivity contribution in [2.24, 2.45) is 0 Å². The second-order valence-corrected chi connectivity index (χ2v) is 7.22. The van der Waals surface area contributed by atoms with Crippen LogP contribution >= 0.6 is 0 Å². The molecule has 1 aromatic heterocycles. The average Bonchev–Trinajstić information content (AvgIpc) is 2.81. The van der Waals surface area contributed by atoms with Crippen molar-refractivity contribution < 1.29 is 13.2 Å². The summed E-state index contributed by atoms with van der Waals surface area (Å²) >= 11 is 0. The summed E-state index contributed by atoms with van der Waals surface area (Å²) < 4.78 is 42.0. The minimum Gasteiger partial charge on any atom is -0.313 e. The molecule has 158 valence electrons. The molecular weight excluding hydrogens is 413 g/mol. The smallest absolute Gasteiger partial charge is 0.313 e. The van der Waals surface area contributed by atoms with E-state index in [9.17, 15) is 18.0 Å². The van der Waals surface area contributed by atoms with E-state index in [2.05, 4.69) is 4.85 Å². The molecule has 32 heavy (non-hydrogen) atoms. The molecule has 0 amide bonds. The van der Waals surface area contributed by atoms with Gasteiger partial charge in [0.15, 0.2) is 0 Å². The number of aromatic nitrogens is 1. The molecule has 0 unspecified atom stereocenters. The van der Waals surface area contributed by atoms with Gasteiger partial charge in [-0.05, 0) is 28.3 Å². The highest BCUT2D eigenvalue weighted by molar-refractivity contribution is 5.66. The number of hydrogen-bond donors (Lipinski definition) is 0. The van der Waals surface area contributed by atoms with Crippen molar-refractivity contribution in [1.82, 2.24) is 4.57 Å². The Morgan fingerprint density at radius 3 is 1.84 bits per heavy atom. The van der Waals surface area contributed by atoms with E-state index in [0.29, 0.717) is 5.56 Å². The van der Waals surface area contributed by atoms with Crippen molar-refractivity contribution in [3.63, 3.8) is 0 Å². The fraction of sp³-hybridized carbons (Fsp3) is 0.0769. The van der Waals surface area contributed by atoms with Gasteiger partial charge in [-0.1, -0.05) is 84.9 Å². The average molecular weight is 430 g/mol. The first-order valence-corrected chi connectivity index (χ1v) is 9.81. The molecule has 1 heterocycles. The van der Waals surface area contributed by atoms with Crippen LogP contribution in [0.25, 0.3) is 27.2 Å². The third kappa shape index (κ3) is 4.19. The Kier molecular flexibility index (Phi) is 5.65. The van der Waals surface area contributed by atoms with Gasteiger partial charge < -0.3 is 4.57 Å². The first-order valence-electron chi connectivity index (χ1n) is 9.81. The SMILES string of the molecule is [C-]#[N+]c1c(C(F)(F)F)cc(-c2ccccc2)n(Cc2ccc(-c3ccccc3)cc2)c1=O. The molecule has 0 saturated heterocycles. The molecule has 0 saturated carbocycles. The minimum absolute atomic E-state index is 0.0405. The predicted octanol–water partition coefficient (Wildman–Crippen LogP) is 6.80. The molecule has 0 radical (unpaired) electrons. The molecule has 0 N–H and O–H groups in total. The predicted molar refractivity (Wildman–Crippen MR) is 118 cm³/mol. The van der Waals surface area contributed by atoms with Crippen LogP contribution in [-0.4, -0.2) is 4.57 Å². The Labute approximate surface area is 182 Å². The first-order chi connectivity index (χ1) is 15.4. The lowest BCUT2D eigenvalue weighted by Crippen LogP contribution is -2.25. The van der Waals surface area contributed by atoms with Crippen LogP contribution in [0, 0.1) is 6.57 Å². The van der Waals surface area contributed by atoms with Gasteiger partial charge in [0.2, 0.25) is 0 Å². The molecule has 0 atom stereocenters. The fourth-order valence-electron chi connectivity index (χ4n) is 3.58. The van der Waals surface area contributed by atoms with Gasteiger partial charge in [-0.15, -0.1) is 0 Å². The van der Waals surface area contributed by atoms with Crippen molar-refractivity contribution in [2.45, 2.75) is 12.7 Å². The third-order valence-electron chi connectivity index (χ3n) is 5.16. The molecule has 0 aliphatic heterocycles. The Hall–Kier alpha value is -4.11. The molecule has 0 bridgehead atoms. The van der Waals surface area contributed by atoms with E-state index in [0.717, 1.165) is 22.8 Å². The number of pyridine rings is 1. The Morgan fingerprint density at radius 1 is 0.781 bits per heavy atom. The van der Waals surface area contributed by atoms with Gasteiger partial charge in [0, 0.05) is 12.2 Å². The Morgan fingerprint density at radius 2 is 1.31 bits per heavy atom. The van der Waals surface area contributed by atoms with Gasteiger partial charge in [0.1, 0.15) is 0 Å². The van der Waals surface area contributed by atoms with Crippen LogP contribution in [0.5, 0.6) is 0 Å². The molecule has 4 aromatic rings. The Balaban J connectivity index is 1.83. The standard InChI is InChI=1S/C26H17F3N2O/c1-30-24-22(26(27,28)29)16-23(21-10-6-3-7-11-21)31(25(24)32)17-18-12-14-20(15-13-18)19-8-4-2-5-9-19/h2-16H,17H2. The van der Waals surface area contributed by atoms with E-state index in [-0.39, 0.29) is 12.2 Å². The lowest BCUT2D eigenvalue weighted by molar-refractivity contribution is -0.136. The van der Waals surface area contributed by atoms with Crippen molar-refractivity contribution in [3.8, 4) is 22.4 Å². The first kappa shape index (κ1) is 21.1. The van der Waals surface area contributed by atoms with Crippen molar-refractivity contribution in [3.05, 3.63) is 124 Å². The number of hydrogen-bond acceptors (Lipinski definition) is 1. The minimum atomic E-state index is -4.81. The molecule has 3 aromatic carbocycles. The van der Waals surface area contributed by atoms with E-state index in [1.165, 1.54) is 4.57 Å². The van der Waals surface area contributed by atoms with Gasteiger partial charge >= 0.3 is 6.18 Å². The number of halogens is 3. The summed E-state index contributed by atoms with van der Waals surface area (Å²) in [6, 6.07) is 26.5. The monoisotopic (exact) mass is 430 g/mol. The molecule has 4 rings (SSSR count). The number of alkyl halides is 3. The summed E-state index contributed by atoms with van der Waals surface area (Å²) in [4.78, 5) is 15.9. The highest BCUT2D eigenvalue weighted by Crippen LogP contribution is 2.37. The molecule has 3 nitrogen and oxygen atoms in total. The van der Waals surface area contributed by atoms with Crippen LogP contribution in [0.1, 0.15) is 11.1 Å². The Bertz CT molecular complexity index is 1330. The van der Waals surface area contributed by atoms with Crippen LogP contribution in [0.15, 0.2) is 95.8 Å². The van der Waals surface area contributed by atoms with Crippen LogP contribution in [-0.2, 0) is 12.7 Å². The molecule has 0 fully saturated rings. The van der Waals surface area contributed by atoms with Crippen molar-refractivity contribution >= 4 is 5.69 Å². The zero-order valence-electron chi connectivity index (χ0n) is 16.8. The second kappa shape index (κ2) is 8.56. The van der Waals surface area contributed by atoms with E-state index < -0.39 is 23.0 Å². The van der Waals surface area contributed by atoms with Gasteiger partial charge in [-0.3, -0.25) is 4.79 Å². The highest BCUT2D eigenvalue weighted by Gasteiger charge is 2.36. The summed E-state index contributed by atoms with van der Waals surface area (Å²) in [7, 11) is 0. The number of benzene rings is 3. The molecular formula is C26H17F3N2O. The largest absolute Gasteiger partial charge is 0.407 e. The zero-order valence-corrected chi connectivity index (χ0v) is 16.8. The maximum absolute atomic E-state index is 13.6. The summed E-state index contributed by atoms with van der Waals surface area (Å²) in [5.74, 6) is 0. The molecule has 0 aliphatic rings. The number of nitrogens with zero attached hydrogens (tertiary/aromatic N) is 2. The topological polar surface area (TPSA) is 26.4 Å². The maximum atomic E-state index is 13.6. The lowest BCUT2D eigenvalue weighted by atomic mass is 10.0. The normalized spacial score (nSPS) is 11.2. The number of rotatable bonds is 4. The van der Waals surface area contributed by atoms with Crippen LogP contribution in [0.2, 0.25) is 0 Å². The van der Waals surface area contributed by atoms with Crippen LogP contribution in [0.4, 0.5) is 18.9 Å². The van der Waals surface area contributed by atoms with Crippen LogP contribution in [0.3, 0.4) is 0 Å².